The van der Waals surface area contributed by atoms with Gasteiger partial charge in [-0.2, -0.15) is 4.98 Å². The number of aromatic nitrogens is 6. The van der Waals surface area contributed by atoms with E-state index in [9.17, 15) is 10.2 Å². The normalized spacial score (nSPS) is 25.9. The van der Waals surface area contributed by atoms with Crippen molar-refractivity contribution in [1.29, 1.82) is 0 Å². The zero-order valence-electron chi connectivity index (χ0n) is 19.4. The second-order valence-corrected chi connectivity index (χ2v) is 9.90. The van der Waals surface area contributed by atoms with E-state index in [2.05, 4.69) is 44.6 Å². The summed E-state index contributed by atoms with van der Waals surface area (Å²) < 4.78 is 2.35. The van der Waals surface area contributed by atoms with Crippen LogP contribution in [-0.2, 0) is 0 Å². The van der Waals surface area contributed by atoms with Crippen molar-refractivity contribution in [2.45, 2.75) is 51.2 Å². The predicted octanol–water partition coefficient (Wildman–Crippen LogP) is 3.30. The number of imidazole rings is 2. The molecular formula is C25H31N7O2. The number of anilines is 1. The van der Waals surface area contributed by atoms with Gasteiger partial charge in [-0.05, 0) is 37.3 Å². The highest BCUT2D eigenvalue weighted by Crippen LogP contribution is 2.36. The van der Waals surface area contributed by atoms with Crippen LogP contribution < -0.4 is 4.90 Å². The maximum atomic E-state index is 10.4. The van der Waals surface area contributed by atoms with Gasteiger partial charge in [0.2, 0.25) is 5.95 Å². The highest BCUT2D eigenvalue weighted by atomic mass is 16.3. The Morgan fingerprint density at radius 1 is 1.12 bits per heavy atom. The first-order valence-corrected chi connectivity index (χ1v) is 12.3. The number of hydrogen-bond acceptors (Lipinski definition) is 7. The highest BCUT2D eigenvalue weighted by molar-refractivity contribution is 5.91. The Bertz CT molecular complexity index is 1320. The lowest BCUT2D eigenvalue weighted by Gasteiger charge is -2.35. The monoisotopic (exact) mass is 461 g/mol. The van der Waals surface area contributed by atoms with Crippen molar-refractivity contribution in [3.8, 4) is 11.3 Å². The van der Waals surface area contributed by atoms with Crippen molar-refractivity contribution in [2.24, 2.45) is 11.8 Å². The molecule has 0 bridgehead atoms. The van der Waals surface area contributed by atoms with Crippen molar-refractivity contribution >= 4 is 28.1 Å². The van der Waals surface area contributed by atoms with Crippen LogP contribution in [0.1, 0.15) is 45.1 Å². The summed E-state index contributed by atoms with van der Waals surface area (Å²) in [6, 6.07) is 6.86. The number of aliphatic hydroxyl groups excluding tert-OH is 2. The van der Waals surface area contributed by atoms with Crippen LogP contribution in [0.15, 0.2) is 30.9 Å². The minimum atomic E-state index is -0.608. The lowest BCUT2D eigenvalue weighted by molar-refractivity contribution is 0.0544. The molecule has 4 aromatic rings. The number of rotatable bonds is 4. The maximum Gasteiger partial charge on any atom is 0.228 e. The number of piperidine rings is 1. The number of β-amino-alcohol motifs (C(OH)–C–C–N with tert-alkyl or cyclic N) is 1. The Labute approximate surface area is 197 Å². The largest absolute Gasteiger partial charge is 0.396 e. The van der Waals surface area contributed by atoms with Crippen LogP contribution in [0.2, 0.25) is 0 Å². The van der Waals surface area contributed by atoms with E-state index in [0.717, 1.165) is 27.8 Å². The summed E-state index contributed by atoms with van der Waals surface area (Å²) in [7, 11) is 0. The van der Waals surface area contributed by atoms with E-state index in [1.807, 2.05) is 11.2 Å². The van der Waals surface area contributed by atoms with E-state index in [1.54, 1.807) is 6.33 Å². The van der Waals surface area contributed by atoms with Gasteiger partial charge in [0.1, 0.15) is 11.2 Å². The molecule has 9 nitrogen and oxygen atoms in total. The van der Waals surface area contributed by atoms with Gasteiger partial charge in [-0.1, -0.05) is 25.8 Å². The third-order valence-corrected chi connectivity index (χ3v) is 7.78. The maximum absolute atomic E-state index is 10.4. The summed E-state index contributed by atoms with van der Waals surface area (Å²) in [5, 5.41) is 19.9. The third-order valence-electron chi connectivity index (χ3n) is 7.78. The van der Waals surface area contributed by atoms with Crippen molar-refractivity contribution in [1.82, 2.24) is 29.5 Å². The highest BCUT2D eigenvalue weighted by Gasteiger charge is 2.29. The number of aromatic amines is 1. The molecule has 0 spiro atoms. The summed E-state index contributed by atoms with van der Waals surface area (Å²) >= 11 is 0. The minimum Gasteiger partial charge on any atom is -0.396 e. The SMILES string of the molecule is C[C@@H]1CCCC[C@@H]1n1cnc2cc(-c3nc(N4CC[C@H](CO)[C@@H](O)C4)nc4nc[nH]c34)ccc21. The first-order valence-electron chi connectivity index (χ1n) is 12.3. The molecule has 2 fully saturated rings. The van der Waals surface area contributed by atoms with Crippen molar-refractivity contribution < 1.29 is 10.2 Å². The van der Waals surface area contributed by atoms with Crippen LogP contribution in [0.25, 0.3) is 33.5 Å². The van der Waals surface area contributed by atoms with Gasteiger partial charge in [0.25, 0.3) is 0 Å². The second kappa shape index (κ2) is 8.63. The molecule has 3 aromatic heterocycles. The molecule has 0 unspecified atom stereocenters. The molecule has 0 radical (unpaired) electrons. The minimum absolute atomic E-state index is 0.00812. The summed E-state index contributed by atoms with van der Waals surface area (Å²) in [6.45, 7) is 3.41. The average molecular weight is 462 g/mol. The zero-order valence-corrected chi connectivity index (χ0v) is 19.4. The van der Waals surface area contributed by atoms with E-state index < -0.39 is 6.10 Å². The van der Waals surface area contributed by atoms with Crippen LogP contribution in [0.4, 0.5) is 5.95 Å². The van der Waals surface area contributed by atoms with Crippen LogP contribution >= 0.6 is 0 Å². The van der Waals surface area contributed by atoms with Gasteiger partial charge >= 0.3 is 0 Å². The molecule has 9 heteroatoms. The topological polar surface area (TPSA) is 116 Å². The fourth-order valence-electron chi connectivity index (χ4n) is 5.70. The van der Waals surface area contributed by atoms with Gasteiger partial charge in [0, 0.05) is 37.2 Å². The average Bonchev–Trinajstić information content (AvgIpc) is 3.50. The van der Waals surface area contributed by atoms with Crippen molar-refractivity contribution in [2.75, 3.05) is 24.6 Å². The fraction of sp³-hybridized carbons (Fsp3) is 0.520. The molecule has 178 valence electrons. The number of benzene rings is 1. The number of H-pyrrole nitrogens is 1. The van der Waals surface area contributed by atoms with Gasteiger partial charge in [-0.3, -0.25) is 0 Å². The molecule has 4 atom stereocenters. The molecule has 1 aliphatic heterocycles. The fourth-order valence-corrected chi connectivity index (χ4v) is 5.70. The number of nitrogens with one attached hydrogen (secondary N) is 1. The lowest BCUT2D eigenvalue weighted by atomic mass is 9.85. The van der Waals surface area contributed by atoms with E-state index in [-0.39, 0.29) is 12.5 Å². The molecule has 4 heterocycles. The number of fused-ring (bicyclic) bond motifs is 2. The van der Waals surface area contributed by atoms with Crippen LogP contribution in [0.3, 0.4) is 0 Å². The Kier molecular flexibility index (Phi) is 5.45. The number of hydrogen-bond donors (Lipinski definition) is 3. The van der Waals surface area contributed by atoms with Gasteiger partial charge in [0.15, 0.2) is 5.65 Å². The standard InChI is InChI=1S/C25H31N7O2/c1-15-4-2-3-5-19(15)32-14-28-18-10-16(6-7-20(18)32)22-23-24(27-13-26-23)30-25(29-22)31-9-8-17(12-33)21(34)11-31/h6-7,10,13-15,17,19,21,33-34H,2-5,8-9,11-12H2,1H3,(H,26,27,29,30)/t15-,17-,19+,21+/m1/s1. The van der Waals surface area contributed by atoms with Crippen molar-refractivity contribution in [3.63, 3.8) is 0 Å². The molecule has 0 amide bonds. The van der Waals surface area contributed by atoms with Gasteiger partial charge in [-0.25, -0.2) is 15.0 Å². The third kappa shape index (κ3) is 3.63. The quantitative estimate of drug-likeness (QED) is 0.427. The first kappa shape index (κ1) is 21.5. The smallest absolute Gasteiger partial charge is 0.228 e. The molecule has 6 rings (SSSR count). The Hall–Kier alpha value is -3.04. The molecule has 3 N–H and O–H groups in total. The number of aliphatic hydroxyl groups is 2. The Morgan fingerprint density at radius 3 is 2.82 bits per heavy atom. The van der Waals surface area contributed by atoms with E-state index in [1.165, 1.54) is 25.7 Å². The summed E-state index contributed by atoms with van der Waals surface area (Å²) in [6.07, 6.45) is 8.78. The van der Waals surface area contributed by atoms with Gasteiger partial charge in [-0.15, -0.1) is 0 Å². The van der Waals surface area contributed by atoms with Crippen LogP contribution in [0, 0.1) is 11.8 Å². The zero-order chi connectivity index (χ0) is 23.2. The predicted molar refractivity (Wildman–Crippen MR) is 130 cm³/mol. The van der Waals surface area contributed by atoms with Crippen LogP contribution in [-0.4, -0.2) is 65.5 Å². The van der Waals surface area contributed by atoms with E-state index in [0.29, 0.717) is 43.1 Å². The summed E-state index contributed by atoms with van der Waals surface area (Å²) in [5.74, 6) is 1.10. The Morgan fingerprint density at radius 2 is 2.00 bits per heavy atom. The van der Waals surface area contributed by atoms with Gasteiger partial charge < -0.3 is 24.7 Å². The molecule has 2 aliphatic rings. The molecule has 1 aromatic carbocycles. The second-order valence-electron chi connectivity index (χ2n) is 9.90. The molecule has 34 heavy (non-hydrogen) atoms. The van der Waals surface area contributed by atoms with Crippen LogP contribution in [0.5, 0.6) is 0 Å². The Balaban J connectivity index is 1.38. The molecule has 1 saturated heterocycles. The first-order chi connectivity index (χ1) is 16.6. The summed E-state index contributed by atoms with van der Waals surface area (Å²) in [5.41, 5.74) is 5.24. The van der Waals surface area contributed by atoms with Gasteiger partial charge in [0.05, 0.1) is 29.8 Å². The van der Waals surface area contributed by atoms with E-state index >= 15 is 0 Å². The molecular weight excluding hydrogens is 430 g/mol. The molecule has 1 aliphatic carbocycles. The summed E-state index contributed by atoms with van der Waals surface area (Å²) in [4.78, 5) is 23.9. The van der Waals surface area contributed by atoms with E-state index in [4.69, 9.17) is 9.97 Å². The molecule has 1 saturated carbocycles. The van der Waals surface area contributed by atoms with Crippen molar-refractivity contribution in [3.05, 3.63) is 30.9 Å². The number of nitrogens with zero attached hydrogens (tertiary/aromatic N) is 6. The lowest BCUT2D eigenvalue weighted by Crippen LogP contribution is -2.45.